The van der Waals surface area contributed by atoms with Crippen LogP contribution in [-0.2, 0) is 0 Å². The second-order valence-corrected chi connectivity index (χ2v) is 2.11. The molecule has 0 amide bonds. The fraction of sp³-hybridized carbons (Fsp3) is 0. The van der Waals surface area contributed by atoms with Crippen LogP contribution < -0.4 is 0 Å². The van der Waals surface area contributed by atoms with Crippen LogP contribution in [0.1, 0.15) is 0 Å². The van der Waals surface area contributed by atoms with Crippen LogP contribution in [0.25, 0.3) is 0 Å². The summed E-state index contributed by atoms with van der Waals surface area (Å²) in [5.74, 6) is -0.192. The van der Waals surface area contributed by atoms with E-state index in [0.29, 0.717) is 0 Å². The molecule has 0 unspecified atom stereocenters. The summed E-state index contributed by atoms with van der Waals surface area (Å²) in [7, 11) is 0. The predicted molar refractivity (Wildman–Crippen MR) is 38.6 cm³/mol. The van der Waals surface area contributed by atoms with E-state index >= 15 is 0 Å². The van der Waals surface area contributed by atoms with Gasteiger partial charge in [-0.05, 0) is 17.3 Å². The Labute approximate surface area is 62.2 Å². The average molecular weight is 158 g/mol. The van der Waals surface area contributed by atoms with E-state index in [2.05, 4.69) is 5.18 Å². The van der Waals surface area contributed by atoms with Crippen molar-refractivity contribution >= 4 is 17.3 Å². The quantitative estimate of drug-likeness (QED) is 0.637. The molecule has 0 aliphatic carbocycles. The number of hydrogen-bond donors (Lipinski definition) is 1. The maximum atomic E-state index is 9.95. The van der Waals surface area contributed by atoms with E-state index < -0.39 is 0 Å². The first kappa shape index (κ1) is 7.02. The molecule has 0 atom stereocenters. The zero-order chi connectivity index (χ0) is 7.56. The molecular formula is C6H4ClNO2. The molecule has 0 spiro atoms. The largest absolute Gasteiger partial charge is 0.505 e. The standard InChI is InChI=1S/C6H4ClNO2/c7-4-2-1-3-5(9)6(4)8-10/h1-3,9H. The number of hydrogen-bond acceptors (Lipinski definition) is 3. The molecule has 3 nitrogen and oxygen atoms in total. The Balaban J connectivity index is 3.30. The van der Waals surface area contributed by atoms with Gasteiger partial charge in [-0.15, -0.1) is 4.91 Å². The fourth-order valence-electron chi connectivity index (χ4n) is 0.594. The molecule has 0 saturated carbocycles. The number of phenolic OH excluding ortho intramolecular Hbond substituents is 1. The third-order valence-corrected chi connectivity index (χ3v) is 1.36. The van der Waals surface area contributed by atoms with Crippen LogP contribution in [0.3, 0.4) is 0 Å². The van der Waals surface area contributed by atoms with Crippen LogP contribution in [0.5, 0.6) is 5.75 Å². The Hall–Kier alpha value is -1.09. The van der Waals surface area contributed by atoms with Crippen molar-refractivity contribution < 1.29 is 5.11 Å². The second-order valence-electron chi connectivity index (χ2n) is 1.70. The molecule has 0 saturated heterocycles. The van der Waals surface area contributed by atoms with E-state index in [0.717, 1.165) is 0 Å². The van der Waals surface area contributed by atoms with Crippen molar-refractivity contribution in [3.8, 4) is 5.75 Å². The Bertz CT molecular complexity index is 242. The summed E-state index contributed by atoms with van der Waals surface area (Å²) in [6, 6.07) is 4.37. The summed E-state index contributed by atoms with van der Waals surface area (Å²) >= 11 is 5.48. The van der Waals surface area contributed by atoms with Gasteiger partial charge in [-0.2, -0.15) is 0 Å². The van der Waals surface area contributed by atoms with Crippen molar-refractivity contribution in [2.45, 2.75) is 0 Å². The third kappa shape index (κ3) is 1.09. The summed E-state index contributed by atoms with van der Waals surface area (Å²) in [4.78, 5) is 9.95. The molecule has 0 fully saturated rings. The fourth-order valence-corrected chi connectivity index (χ4v) is 0.798. The van der Waals surface area contributed by atoms with Crippen molar-refractivity contribution in [2.75, 3.05) is 0 Å². The lowest BCUT2D eigenvalue weighted by atomic mass is 10.3. The van der Waals surface area contributed by atoms with E-state index in [-0.39, 0.29) is 16.5 Å². The highest BCUT2D eigenvalue weighted by molar-refractivity contribution is 6.33. The van der Waals surface area contributed by atoms with Crippen LogP contribution in [0.2, 0.25) is 5.02 Å². The van der Waals surface area contributed by atoms with E-state index in [1.54, 1.807) is 0 Å². The summed E-state index contributed by atoms with van der Waals surface area (Å²) < 4.78 is 0. The first-order chi connectivity index (χ1) is 4.75. The van der Waals surface area contributed by atoms with Gasteiger partial charge >= 0.3 is 0 Å². The molecule has 1 aromatic rings. The first-order valence-electron chi connectivity index (χ1n) is 2.56. The molecule has 1 N–H and O–H groups in total. The Morgan fingerprint density at radius 1 is 1.50 bits per heavy atom. The van der Waals surface area contributed by atoms with Gasteiger partial charge in [0.1, 0.15) is 5.75 Å². The molecule has 0 aliphatic rings. The molecule has 0 aliphatic heterocycles. The maximum Gasteiger partial charge on any atom is 0.168 e. The van der Waals surface area contributed by atoms with Crippen molar-refractivity contribution in [1.82, 2.24) is 0 Å². The number of halogens is 1. The smallest absolute Gasteiger partial charge is 0.168 e. The van der Waals surface area contributed by atoms with Crippen molar-refractivity contribution in [3.63, 3.8) is 0 Å². The summed E-state index contributed by atoms with van der Waals surface area (Å²) in [6.07, 6.45) is 0. The van der Waals surface area contributed by atoms with E-state index in [9.17, 15) is 4.91 Å². The third-order valence-electron chi connectivity index (χ3n) is 1.06. The summed E-state index contributed by atoms with van der Waals surface area (Å²) in [5, 5.41) is 11.6. The zero-order valence-corrected chi connectivity index (χ0v) is 5.67. The highest BCUT2D eigenvalue weighted by Gasteiger charge is 2.03. The number of nitrogens with zero attached hydrogens (tertiary/aromatic N) is 1. The lowest BCUT2D eigenvalue weighted by Gasteiger charge is -1.94. The maximum absolute atomic E-state index is 9.95. The number of phenols is 1. The van der Waals surface area contributed by atoms with Crippen LogP contribution in [0.4, 0.5) is 5.69 Å². The van der Waals surface area contributed by atoms with Crippen LogP contribution in [-0.4, -0.2) is 5.11 Å². The van der Waals surface area contributed by atoms with Gasteiger partial charge in [0.25, 0.3) is 0 Å². The second kappa shape index (κ2) is 2.66. The van der Waals surface area contributed by atoms with E-state index in [1.165, 1.54) is 18.2 Å². The van der Waals surface area contributed by atoms with Crippen molar-refractivity contribution in [1.29, 1.82) is 0 Å². The summed E-state index contributed by atoms with van der Waals surface area (Å²) in [6.45, 7) is 0. The van der Waals surface area contributed by atoms with Crippen LogP contribution in [0, 0.1) is 4.91 Å². The van der Waals surface area contributed by atoms with Gasteiger partial charge in [-0.3, -0.25) is 0 Å². The molecule has 0 radical (unpaired) electrons. The lowest BCUT2D eigenvalue weighted by molar-refractivity contribution is 0.477. The molecule has 10 heavy (non-hydrogen) atoms. The molecular weight excluding hydrogens is 154 g/mol. The highest BCUT2D eigenvalue weighted by Crippen LogP contribution is 2.33. The molecule has 0 heterocycles. The first-order valence-corrected chi connectivity index (χ1v) is 2.94. The van der Waals surface area contributed by atoms with E-state index in [4.69, 9.17) is 16.7 Å². The summed E-state index contributed by atoms with van der Waals surface area (Å²) in [5.41, 5.74) is -0.107. The van der Waals surface area contributed by atoms with Gasteiger partial charge in [0, 0.05) is 0 Å². The molecule has 1 aromatic carbocycles. The zero-order valence-electron chi connectivity index (χ0n) is 4.91. The number of aromatic hydroxyl groups is 1. The van der Waals surface area contributed by atoms with Gasteiger partial charge in [0.2, 0.25) is 0 Å². The van der Waals surface area contributed by atoms with Crippen LogP contribution >= 0.6 is 11.6 Å². The van der Waals surface area contributed by atoms with Gasteiger partial charge in [-0.25, -0.2) is 0 Å². The average Bonchev–Trinajstić information content (AvgIpc) is 1.88. The van der Waals surface area contributed by atoms with Gasteiger partial charge < -0.3 is 5.11 Å². The lowest BCUT2D eigenvalue weighted by Crippen LogP contribution is -1.67. The number of nitroso groups, excluding NO2 is 1. The number of rotatable bonds is 1. The Kier molecular flexibility index (Phi) is 1.87. The number of benzene rings is 1. The van der Waals surface area contributed by atoms with Gasteiger partial charge in [0.15, 0.2) is 5.69 Å². The topological polar surface area (TPSA) is 49.7 Å². The molecule has 0 aromatic heterocycles. The SMILES string of the molecule is O=Nc1c(O)cccc1Cl. The molecule has 1 rings (SSSR count). The Morgan fingerprint density at radius 2 is 2.20 bits per heavy atom. The monoisotopic (exact) mass is 157 g/mol. The molecule has 52 valence electrons. The van der Waals surface area contributed by atoms with Crippen molar-refractivity contribution in [2.24, 2.45) is 5.18 Å². The molecule has 0 bridgehead atoms. The minimum absolute atomic E-state index is 0.107. The molecule has 4 heteroatoms. The van der Waals surface area contributed by atoms with E-state index in [1.807, 2.05) is 0 Å². The normalized spacial score (nSPS) is 9.30. The van der Waals surface area contributed by atoms with Crippen LogP contribution in [0.15, 0.2) is 23.4 Å². The minimum Gasteiger partial charge on any atom is -0.505 e. The minimum atomic E-state index is -0.192. The predicted octanol–water partition coefficient (Wildman–Crippen LogP) is 2.44. The Morgan fingerprint density at radius 3 is 2.60 bits per heavy atom. The highest BCUT2D eigenvalue weighted by atomic mass is 35.5. The van der Waals surface area contributed by atoms with Crippen molar-refractivity contribution in [3.05, 3.63) is 28.1 Å². The van der Waals surface area contributed by atoms with Gasteiger partial charge in [-0.1, -0.05) is 17.7 Å². The van der Waals surface area contributed by atoms with Gasteiger partial charge in [0.05, 0.1) is 5.02 Å².